The Bertz CT molecular complexity index is 425. The van der Waals surface area contributed by atoms with Gasteiger partial charge in [-0.2, -0.15) is 0 Å². The van der Waals surface area contributed by atoms with Crippen molar-refractivity contribution in [1.29, 1.82) is 0 Å². The fourth-order valence-corrected chi connectivity index (χ4v) is 1.68. The lowest BCUT2D eigenvalue weighted by Crippen LogP contribution is -2.20. The molecule has 0 amide bonds. The molecule has 0 atom stereocenters. The molecule has 1 aromatic rings. The molecule has 0 unspecified atom stereocenters. The van der Waals surface area contributed by atoms with Crippen molar-refractivity contribution in [3.63, 3.8) is 0 Å². The van der Waals surface area contributed by atoms with E-state index in [4.69, 9.17) is 5.11 Å². The van der Waals surface area contributed by atoms with Crippen LogP contribution in [0, 0.1) is 10.1 Å². The third-order valence-electron chi connectivity index (χ3n) is 2.81. The van der Waals surface area contributed by atoms with Gasteiger partial charge in [-0.1, -0.05) is 0 Å². The minimum absolute atomic E-state index is 0.0246. The zero-order valence-electron chi connectivity index (χ0n) is 11.3. The summed E-state index contributed by atoms with van der Waals surface area (Å²) in [6.45, 7) is 0.944. The summed E-state index contributed by atoms with van der Waals surface area (Å²) in [6.07, 6.45) is 2.61. The van der Waals surface area contributed by atoms with E-state index in [0.717, 1.165) is 25.8 Å². The van der Waals surface area contributed by atoms with Crippen LogP contribution < -0.4 is 10.2 Å². The van der Waals surface area contributed by atoms with E-state index in [1.807, 2.05) is 11.9 Å². The van der Waals surface area contributed by atoms with Crippen molar-refractivity contribution in [3.05, 3.63) is 22.2 Å². The molecular formula is C12H20N4O3. The average molecular weight is 268 g/mol. The number of hydrogen-bond donors (Lipinski definition) is 2. The van der Waals surface area contributed by atoms with Crippen molar-refractivity contribution >= 4 is 17.3 Å². The summed E-state index contributed by atoms with van der Waals surface area (Å²) in [5.74, 6) is 1.05. The summed E-state index contributed by atoms with van der Waals surface area (Å²) in [6, 6.07) is 2.87. The SMILES string of the molecule is CNc1cc([N+](=O)[O-])cc(N(C)CCCCCO)n1. The maximum Gasteiger partial charge on any atom is 0.276 e. The van der Waals surface area contributed by atoms with Gasteiger partial charge in [0.25, 0.3) is 5.69 Å². The van der Waals surface area contributed by atoms with Crippen LogP contribution in [0.15, 0.2) is 12.1 Å². The summed E-state index contributed by atoms with van der Waals surface area (Å²) >= 11 is 0. The number of pyridine rings is 1. The number of rotatable bonds is 8. The lowest BCUT2D eigenvalue weighted by Gasteiger charge is -2.18. The number of aliphatic hydroxyl groups excluding tert-OH is 1. The molecule has 106 valence electrons. The number of unbranched alkanes of at least 4 members (excludes halogenated alkanes) is 2. The Morgan fingerprint density at radius 1 is 1.42 bits per heavy atom. The minimum atomic E-state index is -0.425. The van der Waals surface area contributed by atoms with Crippen LogP contribution in [0.3, 0.4) is 0 Å². The van der Waals surface area contributed by atoms with E-state index in [1.165, 1.54) is 12.1 Å². The quantitative estimate of drug-likeness (QED) is 0.423. The predicted octanol–water partition coefficient (Wildman–Crippen LogP) is 1.63. The first-order valence-corrected chi connectivity index (χ1v) is 6.24. The minimum Gasteiger partial charge on any atom is -0.396 e. The number of aliphatic hydroxyl groups is 1. The largest absolute Gasteiger partial charge is 0.396 e. The second-order valence-corrected chi connectivity index (χ2v) is 4.28. The molecule has 1 aromatic heterocycles. The molecule has 1 rings (SSSR count). The first-order valence-electron chi connectivity index (χ1n) is 6.24. The number of anilines is 2. The van der Waals surface area contributed by atoms with Gasteiger partial charge >= 0.3 is 0 Å². The second kappa shape index (κ2) is 7.52. The molecule has 0 aliphatic carbocycles. The molecule has 7 heteroatoms. The number of nitrogens with zero attached hydrogens (tertiary/aromatic N) is 3. The fraction of sp³-hybridized carbons (Fsp3) is 0.583. The van der Waals surface area contributed by atoms with Gasteiger partial charge in [-0.25, -0.2) is 4.98 Å². The Hall–Kier alpha value is -1.89. The topological polar surface area (TPSA) is 91.5 Å². The molecule has 0 saturated carbocycles. The van der Waals surface area contributed by atoms with Gasteiger partial charge in [0.15, 0.2) is 0 Å². The van der Waals surface area contributed by atoms with Gasteiger partial charge in [-0.05, 0) is 19.3 Å². The maximum absolute atomic E-state index is 10.8. The van der Waals surface area contributed by atoms with Crippen LogP contribution in [-0.4, -0.2) is 42.3 Å². The first-order chi connectivity index (χ1) is 9.08. The van der Waals surface area contributed by atoms with E-state index < -0.39 is 4.92 Å². The lowest BCUT2D eigenvalue weighted by molar-refractivity contribution is -0.384. The summed E-state index contributed by atoms with van der Waals surface area (Å²) in [5.41, 5.74) is 0.0246. The highest BCUT2D eigenvalue weighted by Gasteiger charge is 2.13. The van der Waals surface area contributed by atoms with Crippen LogP contribution in [0.1, 0.15) is 19.3 Å². The molecule has 0 fully saturated rings. The van der Waals surface area contributed by atoms with Crippen LogP contribution in [0.5, 0.6) is 0 Å². The summed E-state index contributed by atoms with van der Waals surface area (Å²) in [7, 11) is 3.53. The van der Waals surface area contributed by atoms with Gasteiger partial charge < -0.3 is 15.3 Å². The van der Waals surface area contributed by atoms with E-state index in [2.05, 4.69) is 10.3 Å². The number of hydrogen-bond acceptors (Lipinski definition) is 6. The second-order valence-electron chi connectivity index (χ2n) is 4.28. The molecular weight excluding hydrogens is 248 g/mol. The smallest absolute Gasteiger partial charge is 0.276 e. The van der Waals surface area contributed by atoms with Crippen LogP contribution in [0.4, 0.5) is 17.3 Å². The predicted molar refractivity (Wildman–Crippen MR) is 74.6 cm³/mol. The standard InChI is InChI=1S/C12H20N4O3/c1-13-11-8-10(16(18)19)9-12(14-11)15(2)6-4-3-5-7-17/h8-9,17H,3-7H2,1-2H3,(H,13,14). The van der Waals surface area contributed by atoms with Crippen LogP contribution in [-0.2, 0) is 0 Å². The van der Waals surface area contributed by atoms with Crippen molar-refractivity contribution in [2.75, 3.05) is 37.5 Å². The average Bonchev–Trinajstić information content (AvgIpc) is 2.42. The Kier molecular flexibility index (Phi) is 6.01. The van der Waals surface area contributed by atoms with Crippen LogP contribution >= 0.6 is 0 Å². The van der Waals surface area contributed by atoms with Gasteiger partial charge in [-0.15, -0.1) is 0 Å². The highest BCUT2D eigenvalue weighted by atomic mass is 16.6. The van der Waals surface area contributed by atoms with Crippen LogP contribution in [0.25, 0.3) is 0 Å². The van der Waals surface area contributed by atoms with E-state index in [1.54, 1.807) is 7.05 Å². The van der Waals surface area contributed by atoms with E-state index in [0.29, 0.717) is 11.6 Å². The molecule has 2 N–H and O–H groups in total. The van der Waals surface area contributed by atoms with Gasteiger partial charge in [0.2, 0.25) is 0 Å². The zero-order chi connectivity index (χ0) is 14.3. The molecule has 1 heterocycles. The lowest BCUT2D eigenvalue weighted by atomic mass is 10.2. The molecule has 0 bridgehead atoms. The van der Waals surface area contributed by atoms with Crippen LogP contribution in [0.2, 0.25) is 0 Å². The molecule has 0 aliphatic rings. The summed E-state index contributed by atoms with van der Waals surface area (Å²) < 4.78 is 0. The Morgan fingerprint density at radius 3 is 2.74 bits per heavy atom. The van der Waals surface area contributed by atoms with Gasteiger partial charge in [-0.3, -0.25) is 10.1 Å². The molecule has 0 aliphatic heterocycles. The van der Waals surface area contributed by atoms with E-state index in [9.17, 15) is 10.1 Å². The molecule has 19 heavy (non-hydrogen) atoms. The normalized spacial score (nSPS) is 10.3. The van der Waals surface area contributed by atoms with Gasteiger partial charge in [0.1, 0.15) is 11.6 Å². The Labute approximate surface area is 112 Å². The van der Waals surface area contributed by atoms with Crippen molar-refractivity contribution in [2.24, 2.45) is 0 Å². The Balaban J connectivity index is 2.74. The van der Waals surface area contributed by atoms with E-state index in [-0.39, 0.29) is 12.3 Å². The number of nitro groups is 1. The number of aromatic nitrogens is 1. The van der Waals surface area contributed by atoms with Crippen molar-refractivity contribution in [2.45, 2.75) is 19.3 Å². The monoisotopic (exact) mass is 268 g/mol. The third kappa shape index (κ3) is 4.70. The molecule has 0 radical (unpaired) electrons. The zero-order valence-corrected chi connectivity index (χ0v) is 11.3. The molecule has 0 aromatic carbocycles. The van der Waals surface area contributed by atoms with Gasteiger partial charge in [0, 0.05) is 27.2 Å². The highest BCUT2D eigenvalue weighted by Crippen LogP contribution is 2.22. The van der Waals surface area contributed by atoms with Crippen molar-refractivity contribution in [1.82, 2.24) is 4.98 Å². The first kappa shape index (κ1) is 15.2. The van der Waals surface area contributed by atoms with Gasteiger partial charge in [0.05, 0.1) is 17.1 Å². The highest BCUT2D eigenvalue weighted by molar-refractivity contribution is 5.55. The Morgan fingerprint density at radius 2 is 2.16 bits per heavy atom. The third-order valence-corrected chi connectivity index (χ3v) is 2.81. The summed E-state index contributed by atoms with van der Waals surface area (Å²) in [4.78, 5) is 16.6. The molecule has 0 saturated heterocycles. The molecule has 7 nitrogen and oxygen atoms in total. The fourth-order valence-electron chi connectivity index (χ4n) is 1.68. The summed E-state index contributed by atoms with van der Waals surface area (Å²) in [5, 5.41) is 22.4. The van der Waals surface area contributed by atoms with Crippen molar-refractivity contribution in [3.8, 4) is 0 Å². The number of nitrogens with one attached hydrogen (secondary N) is 1. The molecule has 0 spiro atoms. The maximum atomic E-state index is 10.8. The van der Waals surface area contributed by atoms with Crippen molar-refractivity contribution < 1.29 is 10.0 Å². The van der Waals surface area contributed by atoms with E-state index >= 15 is 0 Å².